The van der Waals surface area contributed by atoms with Crippen molar-refractivity contribution < 1.29 is 14.3 Å². The molecule has 156 valence electrons. The smallest absolute Gasteiger partial charge is 0.270 e. The molecule has 0 unspecified atom stereocenters. The molecule has 1 fully saturated rings. The zero-order valence-corrected chi connectivity index (χ0v) is 18.3. The third-order valence-electron chi connectivity index (χ3n) is 5.55. The van der Waals surface area contributed by atoms with E-state index in [2.05, 4.69) is 16.4 Å². The van der Waals surface area contributed by atoms with Crippen LogP contribution in [0.3, 0.4) is 0 Å². The van der Waals surface area contributed by atoms with Gasteiger partial charge in [-0.1, -0.05) is 35.9 Å². The summed E-state index contributed by atoms with van der Waals surface area (Å²) in [5, 5.41) is 6.34. The van der Waals surface area contributed by atoms with E-state index in [1.165, 1.54) is 11.3 Å². The number of ether oxygens (including phenoxy) is 2. The molecule has 5 nitrogen and oxygen atoms in total. The normalized spacial score (nSPS) is 15.5. The molecule has 2 aromatic carbocycles. The molecule has 0 saturated carbocycles. The second kappa shape index (κ2) is 9.16. The van der Waals surface area contributed by atoms with Gasteiger partial charge < -0.3 is 14.8 Å². The van der Waals surface area contributed by atoms with Gasteiger partial charge >= 0.3 is 0 Å². The van der Waals surface area contributed by atoms with E-state index in [0.717, 1.165) is 34.7 Å². The third-order valence-corrected chi connectivity index (χ3v) is 6.66. The van der Waals surface area contributed by atoms with Crippen molar-refractivity contribution in [3.05, 3.63) is 70.2 Å². The van der Waals surface area contributed by atoms with Crippen molar-refractivity contribution in [2.75, 3.05) is 26.9 Å². The summed E-state index contributed by atoms with van der Waals surface area (Å²) in [6, 6.07) is 15.5. The predicted octanol–water partition coefficient (Wildman–Crippen LogP) is 4.95. The van der Waals surface area contributed by atoms with E-state index in [1.54, 1.807) is 12.5 Å². The summed E-state index contributed by atoms with van der Waals surface area (Å²) < 4.78 is 11.0. The molecule has 30 heavy (non-hydrogen) atoms. The van der Waals surface area contributed by atoms with Crippen LogP contribution in [0.4, 0.5) is 0 Å². The highest BCUT2D eigenvalue weighted by atomic mass is 35.5. The molecule has 0 spiro atoms. The monoisotopic (exact) mass is 442 g/mol. The Morgan fingerprint density at radius 3 is 2.80 bits per heavy atom. The number of hydrogen-bond donors (Lipinski definition) is 1. The van der Waals surface area contributed by atoms with Crippen LogP contribution >= 0.6 is 22.9 Å². The Kier molecular flexibility index (Phi) is 6.37. The average Bonchev–Trinajstić information content (AvgIpc) is 3.28. The molecule has 1 amide bonds. The molecule has 1 aliphatic rings. The van der Waals surface area contributed by atoms with Crippen molar-refractivity contribution in [1.82, 2.24) is 10.3 Å². The van der Waals surface area contributed by atoms with Crippen molar-refractivity contribution in [1.29, 1.82) is 0 Å². The quantitative estimate of drug-likeness (QED) is 0.586. The zero-order valence-electron chi connectivity index (χ0n) is 16.7. The molecule has 0 bridgehead atoms. The number of amides is 1. The predicted molar refractivity (Wildman–Crippen MR) is 120 cm³/mol. The molecule has 4 rings (SSSR count). The summed E-state index contributed by atoms with van der Waals surface area (Å²) in [5.74, 6) is 0.557. The third kappa shape index (κ3) is 4.36. The summed E-state index contributed by atoms with van der Waals surface area (Å²) in [6.45, 7) is 1.84. The number of halogens is 1. The highest BCUT2D eigenvalue weighted by molar-refractivity contribution is 7.13. The molecule has 1 saturated heterocycles. The van der Waals surface area contributed by atoms with Crippen LogP contribution in [0.15, 0.2) is 53.9 Å². The molecular weight excluding hydrogens is 420 g/mol. The Morgan fingerprint density at radius 1 is 1.23 bits per heavy atom. The van der Waals surface area contributed by atoms with E-state index < -0.39 is 0 Å². The van der Waals surface area contributed by atoms with Crippen molar-refractivity contribution in [3.8, 4) is 16.3 Å². The Labute approximate surface area is 185 Å². The van der Waals surface area contributed by atoms with E-state index in [1.807, 2.05) is 42.5 Å². The van der Waals surface area contributed by atoms with Crippen molar-refractivity contribution in [3.63, 3.8) is 0 Å². The van der Waals surface area contributed by atoms with Crippen molar-refractivity contribution >= 4 is 28.8 Å². The Balaban J connectivity index is 1.51. The first-order valence-electron chi connectivity index (χ1n) is 9.82. The topological polar surface area (TPSA) is 60.5 Å². The van der Waals surface area contributed by atoms with Gasteiger partial charge in [-0.25, -0.2) is 4.98 Å². The van der Waals surface area contributed by atoms with Gasteiger partial charge in [0.05, 0.1) is 12.7 Å². The van der Waals surface area contributed by atoms with Gasteiger partial charge in [0.2, 0.25) is 0 Å². The van der Waals surface area contributed by atoms with E-state index in [-0.39, 0.29) is 11.3 Å². The number of nitrogens with zero attached hydrogens (tertiary/aromatic N) is 1. The second-order valence-corrected chi connectivity index (χ2v) is 8.62. The number of carbonyl (C=O) groups excluding carboxylic acids is 1. The molecule has 0 atom stereocenters. The lowest BCUT2D eigenvalue weighted by molar-refractivity contribution is 0.0487. The van der Waals surface area contributed by atoms with Gasteiger partial charge in [-0.15, -0.1) is 11.3 Å². The fourth-order valence-corrected chi connectivity index (χ4v) is 4.83. The first-order chi connectivity index (χ1) is 14.6. The molecule has 7 heteroatoms. The minimum Gasteiger partial charge on any atom is -0.496 e. The number of benzene rings is 2. The highest BCUT2D eigenvalue weighted by Gasteiger charge is 2.35. The number of methoxy groups -OCH3 is 1. The standard InChI is InChI=1S/C23H23ClN2O3S/c1-28-20-8-3-2-7-18(20)22-26-19(14-30-22)21(27)25-15-23(9-11-29-12-10-23)16-5-4-6-17(24)13-16/h2-8,13-14H,9-12,15H2,1H3,(H,25,27). The van der Waals surface area contributed by atoms with E-state index in [9.17, 15) is 4.79 Å². The summed E-state index contributed by atoms with van der Waals surface area (Å²) in [4.78, 5) is 17.4. The SMILES string of the molecule is COc1ccccc1-c1nc(C(=O)NCC2(c3cccc(Cl)c3)CCOCC2)cs1. The van der Waals surface area contributed by atoms with Crippen molar-refractivity contribution in [2.24, 2.45) is 0 Å². The van der Waals surface area contributed by atoms with Gasteiger partial charge in [0.25, 0.3) is 5.91 Å². The van der Waals surface area contributed by atoms with Gasteiger partial charge in [-0.05, 0) is 42.7 Å². The largest absolute Gasteiger partial charge is 0.496 e. The highest BCUT2D eigenvalue weighted by Crippen LogP contribution is 2.36. The maximum Gasteiger partial charge on any atom is 0.270 e. The van der Waals surface area contributed by atoms with Crippen LogP contribution in [-0.2, 0) is 10.2 Å². The van der Waals surface area contributed by atoms with Gasteiger partial charge in [0, 0.05) is 35.6 Å². The van der Waals surface area contributed by atoms with Gasteiger partial charge in [-0.3, -0.25) is 4.79 Å². The van der Waals surface area contributed by atoms with E-state index >= 15 is 0 Å². The number of para-hydroxylation sites is 1. The Hall–Kier alpha value is -2.41. The lowest BCUT2D eigenvalue weighted by Crippen LogP contribution is -2.44. The van der Waals surface area contributed by atoms with Crippen LogP contribution in [0.1, 0.15) is 28.9 Å². The first kappa shape index (κ1) is 20.8. The maximum absolute atomic E-state index is 12.9. The number of rotatable bonds is 6. The summed E-state index contributed by atoms with van der Waals surface area (Å²) >= 11 is 7.66. The molecule has 0 radical (unpaired) electrons. The first-order valence-corrected chi connectivity index (χ1v) is 11.1. The lowest BCUT2D eigenvalue weighted by atomic mass is 9.74. The lowest BCUT2D eigenvalue weighted by Gasteiger charge is -2.38. The molecule has 2 heterocycles. The number of hydrogen-bond acceptors (Lipinski definition) is 5. The van der Waals surface area contributed by atoms with Crippen LogP contribution in [0.25, 0.3) is 10.6 Å². The van der Waals surface area contributed by atoms with Crippen LogP contribution in [-0.4, -0.2) is 37.8 Å². The minimum atomic E-state index is -0.194. The fraction of sp³-hybridized carbons (Fsp3) is 0.304. The molecule has 1 N–H and O–H groups in total. The fourth-order valence-electron chi connectivity index (χ4n) is 3.81. The second-order valence-electron chi connectivity index (χ2n) is 7.32. The molecule has 1 aromatic heterocycles. The number of aromatic nitrogens is 1. The minimum absolute atomic E-state index is 0.180. The maximum atomic E-state index is 12.9. The summed E-state index contributed by atoms with van der Waals surface area (Å²) in [5.41, 5.74) is 2.23. The molecule has 0 aliphatic carbocycles. The molecule has 3 aromatic rings. The van der Waals surface area contributed by atoms with Crippen LogP contribution in [0.2, 0.25) is 5.02 Å². The Bertz CT molecular complexity index is 1030. The van der Waals surface area contributed by atoms with Crippen LogP contribution < -0.4 is 10.1 Å². The van der Waals surface area contributed by atoms with Crippen LogP contribution in [0, 0.1) is 0 Å². The number of thiazole rings is 1. The van der Waals surface area contributed by atoms with E-state index in [4.69, 9.17) is 21.1 Å². The number of carbonyl (C=O) groups is 1. The summed E-state index contributed by atoms with van der Waals surface area (Å²) in [6.07, 6.45) is 1.66. The molecular formula is C23H23ClN2O3S. The average molecular weight is 443 g/mol. The summed E-state index contributed by atoms with van der Waals surface area (Å²) in [7, 11) is 1.63. The number of nitrogens with one attached hydrogen (secondary N) is 1. The van der Waals surface area contributed by atoms with Crippen molar-refractivity contribution in [2.45, 2.75) is 18.3 Å². The van der Waals surface area contributed by atoms with Gasteiger partial charge in [0.1, 0.15) is 16.5 Å². The van der Waals surface area contributed by atoms with Gasteiger partial charge in [-0.2, -0.15) is 0 Å². The Morgan fingerprint density at radius 2 is 2.03 bits per heavy atom. The molecule has 1 aliphatic heterocycles. The zero-order chi connectivity index (χ0) is 21.0. The van der Waals surface area contributed by atoms with Crippen LogP contribution in [0.5, 0.6) is 5.75 Å². The van der Waals surface area contributed by atoms with Gasteiger partial charge in [0.15, 0.2) is 0 Å². The van der Waals surface area contributed by atoms with E-state index in [0.29, 0.717) is 30.5 Å².